The predicted molar refractivity (Wildman–Crippen MR) is 108 cm³/mol. The van der Waals surface area contributed by atoms with E-state index in [1.807, 2.05) is 13.0 Å². The van der Waals surface area contributed by atoms with Gasteiger partial charge in [0.15, 0.2) is 0 Å². The number of aromatic nitrogens is 2. The highest BCUT2D eigenvalue weighted by molar-refractivity contribution is 5.92. The van der Waals surface area contributed by atoms with E-state index in [2.05, 4.69) is 28.3 Å². The summed E-state index contributed by atoms with van der Waals surface area (Å²) in [7, 11) is 0. The number of hydrogen-bond donors (Lipinski definition) is 1. The molecule has 4 rings (SSSR count). The molecular weight excluding hydrogens is 368 g/mol. The summed E-state index contributed by atoms with van der Waals surface area (Å²) in [6, 6.07) is 4.15. The molecule has 1 N–H and O–H groups in total. The van der Waals surface area contributed by atoms with Gasteiger partial charge in [0, 0.05) is 42.5 Å². The molecule has 1 aliphatic heterocycles. The van der Waals surface area contributed by atoms with Crippen LogP contribution in [0.4, 0.5) is 0 Å². The summed E-state index contributed by atoms with van der Waals surface area (Å²) in [5, 5.41) is 4.09. The van der Waals surface area contributed by atoms with Crippen LogP contribution in [0.2, 0.25) is 0 Å². The lowest BCUT2D eigenvalue weighted by Gasteiger charge is -2.32. The van der Waals surface area contributed by atoms with E-state index in [0.717, 1.165) is 29.4 Å². The third-order valence-electron chi connectivity index (χ3n) is 5.55. The number of benzene rings is 1. The summed E-state index contributed by atoms with van der Waals surface area (Å²) in [6.45, 7) is 5.29. The summed E-state index contributed by atoms with van der Waals surface area (Å²) in [5.41, 5.74) is 4.42. The number of likely N-dealkylation sites (tertiary alicyclic amines) is 1. The molecule has 0 saturated carbocycles. The van der Waals surface area contributed by atoms with Crippen LogP contribution in [0, 0.1) is 13.8 Å². The Morgan fingerprint density at radius 1 is 1.17 bits per heavy atom. The molecular formula is C22H24N4O3. The Hall–Kier alpha value is -3.22. The van der Waals surface area contributed by atoms with Gasteiger partial charge in [-0.3, -0.25) is 14.6 Å². The molecule has 150 valence electrons. The molecule has 3 aromatic rings. The van der Waals surface area contributed by atoms with Crippen LogP contribution >= 0.6 is 0 Å². The lowest BCUT2D eigenvalue weighted by Crippen LogP contribution is -2.47. The Kier molecular flexibility index (Phi) is 5.29. The molecule has 2 amide bonds. The Labute approximate surface area is 169 Å². The molecule has 0 radical (unpaired) electrons. The standard InChI is InChI=1S/C22H24N4O3/c1-14-9-18-16(13-29-20(18)10-15(14)2)11-21(27)25-17-3-7-26(8-4-17)22(28)19-12-23-5-6-24-19/h5-6,9-10,12-13,17H,3-4,7-8,11H2,1-2H3,(H,25,27). The van der Waals surface area contributed by atoms with Crippen LogP contribution in [0.1, 0.15) is 40.0 Å². The van der Waals surface area contributed by atoms with Crippen LogP contribution in [0.5, 0.6) is 0 Å². The minimum Gasteiger partial charge on any atom is -0.464 e. The van der Waals surface area contributed by atoms with E-state index in [1.165, 1.54) is 23.5 Å². The van der Waals surface area contributed by atoms with Crippen LogP contribution in [-0.2, 0) is 11.2 Å². The number of piperidine rings is 1. The molecule has 1 aromatic carbocycles. The van der Waals surface area contributed by atoms with Gasteiger partial charge in [-0.15, -0.1) is 0 Å². The first-order chi connectivity index (χ1) is 14.0. The molecule has 7 heteroatoms. The third-order valence-corrected chi connectivity index (χ3v) is 5.55. The number of carbonyl (C=O) groups excluding carboxylic acids is 2. The van der Waals surface area contributed by atoms with Gasteiger partial charge in [-0.1, -0.05) is 0 Å². The quantitative estimate of drug-likeness (QED) is 0.738. The van der Waals surface area contributed by atoms with Crippen molar-refractivity contribution in [1.82, 2.24) is 20.2 Å². The second-order valence-electron chi connectivity index (χ2n) is 7.59. The van der Waals surface area contributed by atoms with Crippen molar-refractivity contribution in [2.24, 2.45) is 0 Å². The molecule has 7 nitrogen and oxygen atoms in total. The second kappa shape index (κ2) is 8.03. The number of fused-ring (bicyclic) bond motifs is 1. The van der Waals surface area contributed by atoms with Gasteiger partial charge in [-0.05, 0) is 49.9 Å². The highest BCUT2D eigenvalue weighted by Crippen LogP contribution is 2.25. The Morgan fingerprint density at radius 2 is 1.93 bits per heavy atom. The minimum absolute atomic E-state index is 0.0235. The van der Waals surface area contributed by atoms with E-state index in [-0.39, 0.29) is 24.3 Å². The summed E-state index contributed by atoms with van der Waals surface area (Å²) < 4.78 is 5.62. The number of nitrogens with zero attached hydrogens (tertiary/aromatic N) is 3. The molecule has 1 saturated heterocycles. The van der Waals surface area contributed by atoms with E-state index in [4.69, 9.17) is 4.42 Å². The van der Waals surface area contributed by atoms with Crippen LogP contribution in [-0.4, -0.2) is 45.8 Å². The van der Waals surface area contributed by atoms with E-state index in [1.54, 1.807) is 17.4 Å². The first-order valence-corrected chi connectivity index (χ1v) is 9.83. The van der Waals surface area contributed by atoms with Crippen molar-refractivity contribution in [2.45, 2.75) is 39.2 Å². The van der Waals surface area contributed by atoms with Gasteiger partial charge in [0.1, 0.15) is 11.3 Å². The van der Waals surface area contributed by atoms with Gasteiger partial charge in [0.2, 0.25) is 5.91 Å². The van der Waals surface area contributed by atoms with Crippen molar-refractivity contribution in [2.75, 3.05) is 13.1 Å². The fraction of sp³-hybridized carbons (Fsp3) is 0.364. The summed E-state index contributed by atoms with van der Waals surface area (Å²) in [4.78, 5) is 34.8. The van der Waals surface area contributed by atoms with Crippen LogP contribution in [0.15, 0.2) is 41.4 Å². The fourth-order valence-corrected chi connectivity index (χ4v) is 3.72. The maximum Gasteiger partial charge on any atom is 0.274 e. The molecule has 3 heterocycles. The average molecular weight is 392 g/mol. The zero-order valence-corrected chi connectivity index (χ0v) is 16.6. The molecule has 29 heavy (non-hydrogen) atoms. The molecule has 0 atom stereocenters. The molecule has 0 aliphatic carbocycles. The summed E-state index contributed by atoms with van der Waals surface area (Å²) in [5.74, 6) is -0.136. The Bertz CT molecular complexity index is 1040. The summed E-state index contributed by atoms with van der Waals surface area (Å²) >= 11 is 0. The van der Waals surface area contributed by atoms with Gasteiger partial charge < -0.3 is 14.6 Å². The number of furan rings is 1. The third kappa shape index (κ3) is 4.13. The summed E-state index contributed by atoms with van der Waals surface area (Å²) in [6.07, 6.45) is 7.95. The smallest absolute Gasteiger partial charge is 0.274 e. The first kappa shape index (κ1) is 19.1. The van der Waals surface area contributed by atoms with E-state index >= 15 is 0 Å². The van der Waals surface area contributed by atoms with Crippen LogP contribution in [0.25, 0.3) is 11.0 Å². The molecule has 0 bridgehead atoms. The predicted octanol–water partition coefficient (Wildman–Crippen LogP) is 2.80. The zero-order chi connectivity index (χ0) is 20.4. The van der Waals surface area contributed by atoms with Gasteiger partial charge >= 0.3 is 0 Å². The highest BCUT2D eigenvalue weighted by atomic mass is 16.3. The van der Waals surface area contributed by atoms with E-state index in [0.29, 0.717) is 18.8 Å². The Morgan fingerprint density at radius 3 is 2.66 bits per heavy atom. The maximum atomic E-state index is 12.6. The maximum absolute atomic E-state index is 12.6. The van der Waals surface area contributed by atoms with E-state index < -0.39 is 0 Å². The van der Waals surface area contributed by atoms with E-state index in [9.17, 15) is 9.59 Å². The van der Waals surface area contributed by atoms with Crippen molar-refractivity contribution in [3.63, 3.8) is 0 Å². The van der Waals surface area contributed by atoms with Gasteiger partial charge in [0.25, 0.3) is 5.91 Å². The lowest BCUT2D eigenvalue weighted by atomic mass is 10.0. The zero-order valence-electron chi connectivity index (χ0n) is 16.6. The van der Waals surface area contributed by atoms with Gasteiger partial charge in [-0.2, -0.15) is 0 Å². The Balaban J connectivity index is 1.32. The van der Waals surface area contributed by atoms with Crippen LogP contribution in [0.3, 0.4) is 0 Å². The van der Waals surface area contributed by atoms with Crippen LogP contribution < -0.4 is 5.32 Å². The molecule has 0 spiro atoms. The van der Waals surface area contributed by atoms with Crippen molar-refractivity contribution >= 4 is 22.8 Å². The van der Waals surface area contributed by atoms with Crippen molar-refractivity contribution in [1.29, 1.82) is 0 Å². The molecule has 2 aromatic heterocycles. The SMILES string of the molecule is Cc1cc2occ(CC(=O)NC3CCN(C(=O)c4cnccn4)CC3)c2cc1C. The fourth-order valence-electron chi connectivity index (χ4n) is 3.72. The second-order valence-corrected chi connectivity index (χ2v) is 7.59. The van der Waals surface area contributed by atoms with Crippen molar-refractivity contribution in [3.8, 4) is 0 Å². The normalized spacial score (nSPS) is 14.9. The first-order valence-electron chi connectivity index (χ1n) is 9.83. The molecule has 1 aliphatic rings. The number of carbonyl (C=O) groups is 2. The highest BCUT2D eigenvalue weighted by Gasteiger charge is 2.25. The molecule has 0 unspecified atom stereocenters. The number of aryl methyl sites for hydroxylation is 2. The number of rotatable bonds is 4. The topological polar surface area (TPSA) is 88.3 Å². The van der Waals surface area contributed by atoms with Gasteiger partial charge in [-0.25, -0.2) is 4.98 Å². The van der Waals surface area contributed by atoms with Crippen molar-refractivity contribution in [3.05, 3.63) is 59.4 Å². The monoisotopic (exact) mass is 392 g/mol. The average Bonchev–Trinajstić information content (AvgIpc) is 3.10. The number of nitrogens with one attached hydrogen (secondary N) is 1. The number of amides is 2. The minimum atomic E-state index is -0.113. The van der Waals surface area contributed by atoms with Crippen molar-refractivity contribution < 1.29 is 14.0 Å². The van der Waals surface area contributed by atoms with Gasteiger partial charge in [0.05, 0.1) is 18.9 Å². The molecule has 1 fully saturated rings. The lowest BCUT2D eigenvalue weighted by molar-refractivity contribution is -0.121. The number of hydrogen-bond acceptors (Lipinski definition) is 5. The largest absolute Gasteiger partial charge is 0.464 e.